The molecule has 0 atom stereocenters. The van der Waals surface area contributed by atoms with E-state index in [1.165, 1.54) is 10.9 Å². The molecule has 1 rings (SSSR count). The average molecular weight is 313 g/mol. The fraction of sp³-hybridized carbons (Fsp3) is 0.571. The molecule has 8 nitrogen and oxygen atoms in total. The zero-order valence-electron chi connectivity index (χ0n) is 13.1. The normalized spacial score (nSPS) is 10.5. The summed E-state index contributed by atoms with van der Waals surface area (Å²) in [7, 11) is 3.27. The Balaban J connectivity index is 3.17. The lowest BCUT2D eigenvalue weighted by molar-refractivity contribution is 0.0934. The van der Waals surface area contributed by atoms with Crippen molar-refractivity contribution in [2.45, 2.75) is 20.0 Å². The van der Waals surface area contributed by atoms with E-state index in [2.05, 4.69) is 5.32 Å². The lowest BCUT2D eigenvalue weighted by Crippen LogP contribution is -2.39. The minimum atomic E-state index is -0.745. The van der Waals surface area contributed by atoms with Crippen LogP contribution >= 0.6 is 0 Å². The van der Waals surface area contributed by atoms with Gasteiger partial charge in [0.1, 0.15) is 0 Å². The number of rotatable bonds is 8. The largest absolute Gasteiger partial charge is 0.502 e. The number of carbonyl (C=O) groups is 1. The van der Waals surface area contributed by atoms with Crippen molar-refractivity contribution in [3.05, 3.63) is 27.7 Å². The maximum Gasteiger partial charge on any atom is 0.273 e. The summed E-state index contributed by atoms with van der Waals surface area (Å²) in [5, 5.41) is 23.5. The lowest BCUT2D eigenvalue weighted by atomic mass is 10.2. The number of aliphatic hydroxyl groups is 1. The molecule has 1 aromatic rings. The highest BCUT2D eigenvalue weighted by Gasteiger charge is 2.22. The van der Waals surface area contributed by atoms with Crippen LogP contribution in [0.5, 0.6) is 5.75 Å². The second kappa shape index (κ2) is 8.40. The predicted molar refractivity (Wildman–Crippen MR) is 81.8 cm³/mol. The Kier molecular flexibility index (Phi) is 6.87. The second-order valence-electron chi connectivity index (χ2n) is 4.76. The van der Waals surface area contributed by atoms with E-state index < -0.39 is 23.7 Å². The Morgan fingerprint density at radius 1 is 1.50 bits per heavy atom. The zero-order chi connectivity index (χ0) is 16.7. The van der Waals surface area contributed by atoms with Gasteiger partial charge in [-0.25, -0.2) is 0 Å². The number of nitrogens with one attached hydrogen (secondary N) is 1. The van der Waals surface area contributed by atoms with Crippen LogP contribution in [0, 0.1) is 0 Å². The summed E-state index contributed by atoms with van der Waals surface area (Å²) in [6.07, 6.45) is 1.97. The first-order chi connectivity index (χ1) is 10.5. The molecule has 124 valence electrons. The molecule has 0 aliphatic carbocycles. The Labute approximate surface area is 128 Å². The molecule has 3 N–H and O–H groups in total. The summed E-state index contributed by atoms with van der Waals surface area (Å²) >= 11 is 0. The van der Waals surface area contributed by atoms with Crippen LogP contribution in [-0.4, -0.2) is 54.7 Å². The molecule has 1 heterocycles. The standard InChI is InChI=1S/C14H23N3O5/c1-4-16(2)17-8-10(9-18)12(19)13(20)11(17)14(21)15-6-5-7-22-3/h8,18,20H,4-7,9H2,1-3H3,(H,15,21). The molecule has 0 unspecified atom stereocenters. The Bertz CT molecular complexity index is 570. The summed E-state index contributed by atoms with van der Waals surface area (Å²) in [6, 6.07) is 0. The fourth-order valence-corrected chi connectivity index (χ4v) is 1.89. The number of aromatic nitrogens is 1. The number of hydrogen-bond donors (Lipinski definition) is 3. The van der Waals surface area contributed by atoms with Gasteiger partial charge >= 0.3 is 0 Å². The molecular formula is C14H23N3O5. The average Bonchev–Trinajstić information content (AvgIpc) is 2.52. The van der Waals surface area contributed by atoms with E-state index >= 15 is 0 Å². The van der Waals surface area contributed by atoms with Crippen molar-refractivity contribution in [1.29, 1.82) is 0 Å². The topological polar surface area (TPSA) is 104 Å². The van der Waals surface area contributed by atoms with E-state index in [0.717, 1.165) is 0 Å². The molecular weight excluding hydrogens is 290 g/mol. The second-order valence-corrected chi connectivity index (χ2v) is 4.76. The van der Waals surface area contributed by atoms with Gasteiger partial charge in [0.15, 0.2) is 11.4 Å². The first-order valence-electron chi connectivity index (χ1n) is 7.04. The highest BCUT2D eigenvalue weighted by atomic mass is 16.5. The molecule has 22 heavy (non-hydrogen) atoms. The molecule has 0 aliphatic rings. The van der Waals surface area contributed by atoms with Gasteiger partial charge in [0, 0.05) is 45.6 Å². The van der Waals surface area contributed by atoms with Crippen molar-refractivity contribution in [2.24, 2.45) is 0 Å². The zero-order valence-corrected chi connectivity index (χ0v) is 13.1. The number of methoxy groups -OCH3 is 1. The van der Waals surface area contributed by atoms with Crippen molar-refractivity contribution in [3.8, 4) is 5.75 Å². The van der Waals surface area contributed by atoms with Crippen LogP contribution in [0.1, 0.15) is 29.4 Å². The predicted octanol–water partition coefficient (Wildman–Crippen LogP) is -0.600. The lowest BCUT2D eigenvalue weighted by Gasteiger charge is -2.25. The highest BCUT2D eigenvalue weighted by Crippen LogP contribution is 2.14. The molecule has 0 aromatic carbocycles. The van der Waals surface area contributed by atoms with Crippen molar-refractivity contribution in [2.75, 3.05) is 38.9 Å². The van der Waals surface area contributed by atoms with Crippen LogP contribution in [0.4, 0.5) is 0 Å². The maximum absolute atomic E-state index is 12.3. The number of ether oxygens (including phenoxy) is 1. The van der Waals surface area contributed by atoms with Gasteiger partial charge in [-0.1, -0.05) is 0 Å². The van der Waals surface area contributed by atoms with Crippen LogP contribution in [0.25, 0.3) is 0 Å². The number of amides is 1. The van der Waals surface area contributed by atoms with Crippen molar-refractivity contribution in [3.63, 3.8) is 0 Å². The van der Waals surface area contributed by atoms with Crippen LogP contribution < -0.4 is 15.8 Å². The van der Waals surface area contributed by atoms with Gasteiger partial charge in [-0.3, -0.25) is 14.3 Å². The number of aromatic hydroxyl groups is 1. The van der Waals surface area contributed by atoms with Crippen LogP contribution in [0.15, 0.2) is 11.0 Å². The summed E-state index contributed by atoms with van der Waals surface area (Å²) in [4.78, 5) is 24.2. The monoisotopic (exact) mass is 313 g/mol. The molecule has 0 spiro atoms. The molecule has 0 bridgehead atoms. The summed E-state index contributed by atoms with van der Waals surface area (Å²) in [6.45, 7) is 2.74. The third-order valence-corrected chi connectivity index (χ3v) is 3.26. The van der Waals surface area contributed by atoms with Crippen LogP contribution in [-0.2, 0) is 11.3 Å². The van der Waals surface area contributed by atoms with Crippen molar-refractivity contribution in [1.82, 2.24) is 9.99 Å². The third-order valence-electron chi connectivity index (χ3n) is 3.26. The summed E-state index contributed by atoms with van der Waals surface area (Å²) < 4.78 is 6.26. The van der Waals surface area contributed by atoms with E-state index in [4.69, 9.17) is 4.74 Å². The summed E-state index contributed by atoms with van der Waals surface area (Å²) in [5.41, 5.74) is -0.872. The number of aliphatic hydroxyl groups excluding tert-OH is 1. The Morgan fingerprint density at radius 2 is 2.18 bits per heavy atom. The first kappa shape index (κ1) is 18.0. The minimum absolute atomic E-state index is 0.0220. The third kappa shape index (κ3) is 3.99. The number of nitrogens with zero attached hydrogens (tertiary/aromatic N) is 2. The van der Waals surface area contributed by atoms with E-state index in [0.29, 0.717) is 26.1 Å². The molecule has 0 saturated heterocycles. The molecule has 8 heteroatoms. The highest BCUT2D eigenvalue weighted by molar-refractivity contribution is 5.95. The van der Waals surface area contributed by atoms with E-state index in [9.17, 15) is 19.8 Å². The molecule has 0 aliphatic heterocycles. The smallest absolute Gasteiger partial charge is 0.273 e. The van der Waals surface area contributed by atoms with E-state index in [1.54, 1.807) is 19.2 Å². The van der Waals surface area contributed by atoms with Crippen LogP contribution in [0.3, 0.4) is 0 Å². The van der Waals surface area contributed by atoms with Gasteiger partial charge in [0.2, 0.25) is 5.43 Å². The molecule has 0 radical (unpaired) electrons. The first-order valence-corrected chi connectivity index (χ1v) is 7.04. The quantitative estimate of drug-likeness (QED) is 0.554. The van der Waals surface area contributed by atoms with Gasteiger partial charge in [-0.15, -0.1) is 0 Å². The number of hydrogen-bond acceptors (Lipinski definition) is 6. The Morgan fingerprint density at radius 3 is 2.73 bits per heavy atom. The van der Waals surface area contributed by atoms with Gasteiger partial charge in [0.05, 0.1) is 6.61 Å². The molecule has 0 saturated carbocycles. The molecule has 1 aromatic heterocycles. The maximum atomic E-state index is 12.3. The number of carbonyl (C=O) groups excluding carboxylic acids is 1. The molecule has 0 fully saturated rings. The van der Waals surface area contributed by atoms with E-state index in [1.807, 2.05) is 6.92 Å². The van der Waals surface area contributed by atoms with Crippen molar-refractivity contribution >= 4 is 5.91 Å². The SMILES string of the molecule is CCN(C)n1cc(CO)c(=O)c(O)c1C(=O)NCCCOC. The van der Waals surface area contributed by atoms with Gasteiger partial charge in [-0.2, -0.15) is 0 Å². The minimum Gasteiger partial charge on any atom is -0.502 e. The fourth-order valence-electron chi connectivity index (χ4n) is 1.89. The van der Waals surface area contributed by atoms with E-state index in [-0.39, 0.29) is 11.3 Å². The van der Waals surface area contributed by atoms with Crippen molar-refractivity contribution < 1.29 is 19.7 Å². The van der Waals surface area contributed by atoms with Gasteiger partial charge in [0.25, 0.3) is 5.91 Å². The number of pyridine rings is 1. The van der Waals surface area contributed by atoms with Gasteiger partial charge in [-0.05, 0) is 13.3 Å². The van der Waals surface area contributed by atoms with Crippen LogP contribution in [0.2, 0.25) is 0 Å². The Hall–Kier alpha value is -2.06. The summed E-state index contributed by atoms with van der Waals surface area (Å²) in [5.74, 6) is -1.23. The van der Waals surface area contributed by atoms with Gasteiger partial charge < -0.3 is 25.3 Å². The molecule has 1 amide bonds.